The average Bonchev–Trinajstić information content (AvgIpc) is 3.19. The summed E-state index contributed by atoms with van der Waals surface area (Å²) in [5, 5.41) is 6.19. The van der Waals surface area contributed by atoms with Gasteiger partial charge in [-0.15, -0.1) is 11.3 Å². The smallest absolute Gasteiger partial charge is 0.252 e. The van der Waals surface area contributed by atoms with Crippen LogP contribution in [-0.2, 0) is 21.4 Å². The monoisotopic (exact) mass is 374 g/mol. The lowest BCUT2D eigenvalue weighted by atomic mass is 10.3. The Morgan fingerprint density at radius 2 is 2.04 bits per heavy atom. The third-order valence-electron chi connectivity index (χ3n) is 3.58. The number of thiophene rings is 1. The van der Waals surface area contributed by atoms with Gasteiger partial charge < -0.3 is 4.90 Å². The van der Waals surface area contributed by atoms with Crippen LogP contribution in [0.3, 0.4) is 0 Å². The van der Waals surface area contributed by atoms with Gasteiger partial charge in [0.25, 0.3) is 10.0 Å². The molecule has 1 aliphatic heterocycles. The fourth-order valence-electron chi connectivity index (χ4n) is 2.38. The zero-order valence-corrected chi connectivity index (χ0v) is 14.5. The lowest BCUT2D eigenvalue weighted by Gasteiger charge is -2.33. The molecule has 2 aromatic rings. The molecule has 0 bridgehead atoms. The number of hydrogen-bond acceptors (Lipinski definition) is 5. The van der Waals surface area contributed by atoms with Crippen molar-refractivity contribution in [1.29, 1.82) is 0 Å². The first-order valence-corrected chi connectivity index (χ1v) is 9.66. The fourth-order valence-corrected chi connectivity index (χ4v) is 5.10. The minimum atomic E-state index is -3.44. The van der Waals surface area contributed by atoms with Gasteiger partial charge in [-0.1, -0.05) is 17.7 Å². The number of sulfonamides is 1. The van der Waals surface area contributed by atoms with Crippen molar-refractivity contribution in [3.05, 3.63) is 34.9 Å². The molecule has 0 atom stereocenters. The molecule has 10 heteroatoms. The predicted molar refractivity (Wildman–Crippen MR) is 86.9 cm³/mol. The topological polar surface area (TPSA) is 75.5 Å². The highest BCUT2D eigenvalue weighted by Crippen LogP contribution is 2.22. The Hall–Kier alpha value is -1.42. The number of carbonyl (C=O) groups is 1. The number of halogens is 1. The Morgan fingerprint density at radius 3 is 2.61 bits per heavy atom. The van der Waals surface area contributed by atoms with E-state index in [4.69, 9.17) is 11.6 Å². The Morgan fingerprint density at radius 1 is 1.30 bits per heavy atom. The molecule has 0 saturated carbocycles. The maximum Gasteiger partial charge on any atom is 0.252 e. The summed E-state index contributed by atoms with van der Waals surface area (Å²) in [7, 11) is -3.44. The number of nitrogens with zero attached hydrogens (tertiary/aromatic N) is 4. The third kappa shape index (κ3) is 3.57. The zero-order valence-electron chi connectivity index (χ0n) is 12.1. The maximum atomic E-state index is 12.4. The Labute approximate surface area is 143 Å². The van der Waals surface area contributed by atoms with Crippen molar-refractivity contribution in [1.82, 2.24) is 19.0 Å². The van der Waals surface area contributed by atoms with Crippen molar-refractivity contribution >= 4 is 38.9 Å². The molecular weight excluding hydrogens is 360 g/mol. The summed E-state index contributed by atoms with van der Waals surface area (Å²) >= 11 is 6.97. The number of carbonyl (C=O) groups excluding carboxylic acids is 1. The summed E-state index contributed by atoms with van der Waals surface area (Å²) < 4.78 is 28.1. The summed E-state index contributed by atoms with van der Waals surface area (Å²) in [5.74, 6) is -0.0991. The van der Waals surface area contributed by atoms with E-state index in [1.54, 1.807) is 28.6 Å². The van der Waals surface area contributed by atoms with Crippen LogP contribution in [0, 0.1) is 0 Å². The van der Waals surface area contributed by atoms with Crippen LogP contribution in [0.25, 0.3) is 0 Å². The molecule has 0 spiro atoms. The van der Waals surface area contributed by atoms with Crippen LogP contribution >= 0.6 is 22.9 Å². The van der Waals surface area contributed by atoms with Crippen molar-refractivity contribution in [3.63, 3.8) is 0 Å². The summed E-state index contributed by atoms with van der Waals surface area (Å²) in [5.41, 5.74) is 0. The first-order valence-electron chi connectivity index (χ1n) is 6.96. The second kappa shape index (κ2) is 6.60. The number of piperazine rings is 1. The number of hydrogen-bond donors (Lipinski definition) is 0. The molecule has 0 unspecified atom stereocenters. The summed E-state index contributed by atoms with van der Waals surface area (Å²) in [4.78, 5) is 13.9. The minimum absolute atomic E-state index is 0.0991. The van der Waals surface area contributed by atoms with Gasteiger partial charge in [0.1, 0.15) is 10.8 Å². The molecule has 3 rings (SSSR count). The van der Waals surface area contributed by atoms with Gasteiger partial charge in [0, 0.05) is 32.4 Å². The van der Waals surface area contributed by atoms with Crippen molar-refractivity contribution in [2.24, 2.45) is 0 Å². The fraction of sp³-hybridized carbons (Fsp3) is 0.385. The van der Waals surface area contributed by atoms with Crippen LogP contribution in [0.1, 0.15) is 0 Å². The normalized spacial score (nSPS) is 16.7. The third-order valence-corrected chi connectivity index (χ3v) is 7.05. The van der Waals surface area contributed by atoms with Gasteiger partial charge in [-0.3, -0.25) is 9.48 Å². The first kappa shape index (κ1) is 16.4. The van der Waals surface area contributed by atoms with E-state index < -0.39 is 10.0 Å². The van der Waals surface area contributed by atoms with Crippen LogP contribution in [-0.4, -0.2) is 59.5 Å². The molecule has 0 radical (unpaired) electrons. The Balaban J connectivity index is 1.59. The summed E-state index contributed by atoms with van der Waals surface area (Å²) in [6, 6.07) is 3.31. The van der Waals surface area contributed by atoms with Crippen LogP contribution in [0.2, 0.25) is 5.02 Å². The van der Waals surface area contributed by atoms with E-state index in [-0.39, 0.29) is 12.5 Å². The number of aromatic nitrogens is 2. The van der Waals surface area contributed by atoms with E-state index in [9.17, 15) is 13.2 Å². The van der Waals surface area contributed by atoms with Crippen LogP contribution in [0.4, 0.5) is 0 Å². The van der Waals surface area contributed by atoms with E-state index >= 15 is 0 Å². The lowest BCUT2D eigenvalue weighted by molar-refractivity contribution is -0.133. The van der Waals surface area contributed by atoms with E-state index in [0.29, 0.717) is 35.4 Å². The molecule has 2 aromatic heterocycles. The van der Waals surface area contributed by atoms with Crippen molar-refractivity contribution in [2.45, 2.75) is 10.8 Å². The molecule has 23 heavy (non-hydrogen) atoms. The molecule has 3 heterocycles. The van der Waals surface area contributed by atoms with Crippen LogP contribution < -0.4 is 0 Å². The Bertz CT molecular complexity index is 780. The second-order valence-corrected chi connectivity index (χ2v) is 8.62. The van der Waals surface area contributed by atoms with Gasteiger partial charge in [-0.05, 0) is 11.4 Å². The predicted octanol–water partition coefficient (Wildman–Crippen LogP) is 1.13. The molecule has 0 N–H and O–H groups in total. The summed E-state index contributed by atoms with van der Waals surface area (Å²) in [6.45, 7) is 1.44. The summed E-state index contributed by atoms with van der Waals surface area (Å²) in [6.07, 6.45) is 3.05. The molecule has 1 fully saturated rings. The van der Waals surface area contributed by atoms with E-state index in [1.807, 2.05) is 0 Å². The van der Waals surface area contributed by atoms with Crippen molar-refractivity contribution in [2.75, 3.05) is 26.2 Å². The van der Waals surface area contributed by atoms with Crippen LogP contribution in [0.15, 0.2) is 34.1 Å². The van der Waals surface area contributed by atoms with Gasteiger partial charge in [0.15, 0.2) is 0 Å². The van der Waals surface area contributed by atoms with Gasteiger partial charge in [-0.25, -0.2) is 8.42 Å². The molecule has 124 valence electrons. The van der Waals surface area contributed by atoms with Gasteiger partial charge >= 0.3 is 0 Å². The van der Waals surface area contributed by atoms with E-state index in [0.717, 1.165) is 0 Å². The molecule has 1 saturated heterocycles. The minimum Gasteiger partial charge on any atom is -0.338 e. The Kier molecular flexibility index (Phi) is 4.72. The maximum absolute atomic E-state index is 12.4. The van der Waals surface area contributed by atoms with Gasteiger partial charge in [0.2, 0.25) is 5.91 Å². The number of amides is 1. The van der Waals surface area contributed by atoms with Crippen molar-refractivity contribution in [3.8, 4) is 0 Å². The molecule has 7 nitrogen and oxygen atoms in total. The highest BCUT2D eigenvalue weighted by atomic mass is 35.5. The van der Waals surface area contributed by atoms with E-state index in [2.05, 4.69) is 5.10 Å². The second-order valence-electron chi connectivity index (χ2n) is 5.07. The largest absolute Gasteiger partial charge is 0.338 e. The highest BCUT2D eigenvalue weighted by Gasteiger charge is 2.30. The van der Waals surface area contributed by atoms with Crippen LogP contribution in [0.5, 0.6) is 0 Å². The van der Waals surface area contributed by atoms with Gasteiger partial charge in [0.05, 0.1) is 11.2 Å². The molecular formula is C13H15ClN4O3S2. The molecule has 0 aliphatic carbocycles. The molecule has 0 aromatic carbocycles. The molecule has 1 aliphatic rings. The highest BCUT2D eigenvalue weighted by molar-refractivity contribution is 7.91. The van der Waals surface area contributed by atoms with Gasteiger partial charge in [-0.2, -0.15) is 9.40 Å². The van der Waals surface area contributed by atoms with E-state index in [1.165, 1.54) is 26.5 Å². The SMILES string of the molecule is O=C(Cn1cc(Cl)cn1)N1CCN(S(=O)(=O)c2cccs2)CC1. The standard InChI is InChI=1S/C13H15ClN4O3S2/c14-11-8-15-17(9-11)10-12(19)16-3-5-18(6-4-16)23(20,21)13-2-1-7-22-13/h1-2,7-9H,3-6,10H2. The quantitative estimate of drug-likeness (QED) is 0.804. The lowest BCUT2D eigenvalue weighted by Crippen LogP contribution is -2.51. The molecule has 1 amide bonds. The van der Waals surface area contributed by atoms with Crippen molar-refractivity contribution < 1.29 is 13.2 Å². The first-order chi connectivity index (χ1) is 11.0. The number of rotatable bonds is 4. The zero-order chi connectivity index (χ0) is 16.4. The average molecular weight is 375 g/mol.